The molecule has 170 valence electrons. The van der Waals surface area contributed by atoms with E-state index in [0.717, 1.165) is 30.9 Å². The van der Waals surface area contributed by atoms with Crippen LogP contribution in [0, 0.1) is 11.6 Å². The molecule has 0 aliphatic carbocycles. The lowest BCUT2D eigenvalue weighted by Crippen LogP contribution is -2.44. The summed E-state index contributed by atoms with van der Waals surface area (Å²) in [6, 6.07) is 8.10. The highest BCUT2D eigenvalue weighted by molar-refractivity contribution is 14.0. The first-order chi connectivity index (χ1) is 14.5. The second-order valence-electron chi connectivity index (χ2n) is 7.27. The lowest BCUT2D eigenvalue weighted by atomic mass is 10.2. The van der Waals surface area contributed by atoms with Crippen LogP contribution in [0.15, 0.2) is 41.5 Å². The van der Waals surface area contributed by atoms with Crippen LogP contribution < -0.4 is 20.4 Å². The molecule has 31 heavy (non-hydrogen) atoms. The fourth-order valence-electron chi connectivity index (χ4n) is 3.70. The average molecular weight is 544 g/mol. The van der Waals surface area contributed by atoms with Gasteiger partial charge < -0.3 is 20.4 Å². The Labute approximate surface area is 200 Å². The predicted octanol–water partition coefficient (Wildman–Crippen LogP) is 3.77. The number of guanidine groups is 1. The lowest BCUT2D eigenvalue weighted by molar-refractivity contribution is 0.576. The second kappa shape index (κ2) is 12.0. The first kappa shape index (κ1) is 25.1. The van der Waals surface area contributed by atoms with Gasteiger partial charge in [-0.15, -0.1) is 24.0 Å². The van der Waals surface area contributed by atoms with Gasteiger partial charge in [0.25, 0.3) is 0 Å². The molecular weight excluding hydrogens is 513 g/mol. The number of hydrogen-bond acceptors (Lipinski definition) is 4. The number of benzene rings is 1. The highest BCUT2D eigenvalue weighted by atomic mass is 127. The summed E-state index contributed by atoms with van der Waals surface area (Å²) in [5.41, 5.74) is 1.10. The van der Waals surface area contributed by atoms with Gasteiger partial charge in [-0.1, -0.05) is 12.1 Å². The van der Waals surface area contributed by atoms with E-state index in [-0.39, 0.29) is 35.7 Å². The average Bonchev–Trinajstić information content (AvgIpc) is 3.20. The molecule has 1 aromatic heterocycles. The number of pyridine rings is 1. The third-order valence-electron chi connectivity index (χ3n) is 5.36. The zero-order chi connectivity index (χ0) is 21.5. The molecule has 2 aromatic rings. The summed E-state index contributed by atoms with van der Waals surface area (Å²) in [5, 5.41) is 6.63. The zero-order valence-corrected chi connectivity index (χ0v) is 20.6. The van der Waals surface area contributed by atoms with Crippen molar-refractivity contribution in [3.63, 3.8) is 0 Å². The molecule has 0 amide bonds. The molecule has 2 N–H and O–H groups in total. The van der Waals surface area contributed by atoms with Gasteiger partial charge in [-0.05, 0) is 44.0 Å². The number of anilines is 2. The number of aromatic nitrogens is 1. The van der Waals surface area contributed by atoms with Gasteiger partial charge in [0.15, 0.2) is 5.96 Å². The van der Waals surface area contributed by atoms with Crippen LogP contribution in [-0.2, 0) is 6.54 Å². The SMILES string of the molecule is CCN(CC)c1ccc(CNC(=NC)NC2CCN(c3c(F)cccc3F)C2)cn1.I. The van der Waals surface area contributed by atoms with Crippen molar-refractivity contribution in [2.24, 2.45) is 4.99 Å². The molecule has 1 aliphatic rings. The van der Waals surface area contributed by atoms with E-state index in [9.17, 15) is 8.78 Å². The topological polar surface area (TPSA) is 55.8 Å². The van der Waals surface area contributed by atoms with Gasteiger partial charge >= 0.3 is 0 Å². The molecule has 3 rings (SSSR count). The minimum Gasteiger partial charge on any atom is -0.365 e. The quantitative estimate of drug-likeness (QED) is 0.316. The van der Waals surface area contributed by atoms with Crippen molar-refractivity contribution < 1.29 is 8.78 Å². The molecular formula is C22H31F2IN6. The fourth-order valence-corrected chi connectivity index (χ4v) is 3.70. The first-order valence-corrected chi connectivity index (χ1v) is 10.4. The predicted molar refractivity (Wildman–Crippen MR) is 134 cm³/mol. The van der Waals surface area contributed by atoms with Gasteiger partial charge in [0, 0.05) is 52.0 Å². The van der Waals surface area contributed by atoms with Gasteiger partial charge in [-0.2, -0.15) is 0 Å². The molecule has 0 saturated carbocycles. The van der Waals surface area contributed by atoms with Crippen molar-refractivity contribution in [2.45, 2.75) is 32.9 Å². The monoisotopic (exact) mass is 544 g/mol. The Bertz CT molecular complexity index is 837. The Hall–Kier alpha value is -2.17. The number of nitrogens with zero attached hydrogens (tertiary/aromatic N) is 4. The Morgan fingerprint density at radius 1 is 1.19 bits per heavy atom. The summed E-state index contributed by atoms with van der Waals surface area (Å²) >= 11 is 0. The maximum atomic E-state index is 14.0. The largest absolute Gasteiger partial charge is 0.365 e. The van der Waals surface area contributed by atoms with Gasteiger partial charge in [-0.3, -0.25) is 4.99 Å². The zero-order valence-electron chi connectivity index (χ0n) is 18.2. The molecule has 9 heteroatoms. The Morgan fingerprint density at radius 3 is 2.48 bits per heavy atom. The summed E-state index contributed by atoms with van der Waals surface area (Å²) < 4.78 is 28.1. The summed E-state index contributed by atoms with van der Waals surface area (Å²) in [6.07, 6.45) is 2.64. The summed E-state index contributed by atoms with van der Waals surface area (Å²) in [4.78, 5) is 12.7. The number of aliphatic imine (C=N–C) groups is 1. The van der Waals surface area contributed by atoms with Crippen LogP contribution in [0.25, 0.3) is 0 Å². The van der Waals surface area contributed by atoms with Crippen molar-refractivity contribution in [2.75, 3.05) is 43.0 Å². The third kappa shape index (κ3) is 6.41. The summed E-state index contributed by atoms with van der Waals surface area (Å²) in [5.74, 6) is 0.569. The van der Waals surface area contributed by atoms with Gasteiger partial charge in [0.1, 0.15) is 23.1 Å². The molecule has 1 unspecified atom stereocenters. The molecule has 1 atom stereocenters. The van der Waals surface area contributed by atoms with E-state index in [0.29, 0.717) is 25.6 Å². The van der Waals surface area contributed by atoms with Crippen LogP contribution in [-0.4, -0.2) is 50.2 Å². The summed E-state index contributed by atoms with van der Waals surface area (Å²) in [6.45, 7) is 7.76. The van der Waals surface area contributed by atoms with E-state index in [1.807, 2.05) is 12.3 Å². The first-order valence-electron chi connectivity index (χ1n) is 10.4. The van der Waals surface area contributed by atoms with Crippen molar-refractivity contribution >= 4 is 41.4 Å². The number of halogens is 3. The molecule has 1 aromatic carbocycles. The van der Waals surface area contributed by atoms with Crippen LogP contribution in [0.2, 0.25) is 0 Å². The van der Waals surface area contributed by atoms with Crippen LogP contribution in [0.1, 0.15) is 25.8 Å². The number of hydrogen-bond donors (Lipinski definition) is 2. The van der Waals surface area contributed by atoms with Crippen LogP contribution in [0.4, 0.5) is 20.3 Å². The van der Waals surface area contributed by atoms with Crippen LogP contribution in [0.5, 0.6) is 0 Å². The standard InChI is InChI=1S/C22H30F2N6.HI/c1-4-29(5-2)20-10-9-16(13-26-20)14-27-22(25-3)28-17-11-12-30(15-17)21-18(23)7-6-8-19(21)24;/h6-10,13,17H,4-5,11-12,14-15H2,1-3H3,(H2,25,27,28);1H. The smallest absolute Gasteiger partial charge is 0.191 e. The number of nitrogens with one attached hydrogen (secondary N) is 2. The number of para-hydroxylation sites is 1. The molecule has 1 aliphatic heterocycles. The number of rotatable bonds is 7. The minimum atomic E-state index is -0.529. The van der Waals surface area contributed by atoms with E-state index in [1.165, 1.54) is 18.2 Å². The van der Waals surface area contributed by atoms with Crippen LogP contribution >= 0.6 is 24.0 Å². The Morgan fingerprint density at radius 2 is 1.90 bits per heavy atom. The lowest BCUT2D eigenvalue weighted by Gasteiger charge is -2.21. The highest BCUT2D eigenvalue weighted by Crippen LogP contribution is 2.26. The normalized spacial score (nSPS) is 16.1. The Kier molecular flexibility index (Phi) is 9.73. The molecule has 0 radical (unpaired) electrons. The van der Waals surface area contributed by atoms with Gasteiger partial charge in [-0.25, -0.2) is 13.8 Å². The maximum absolute atomic E-state index is 14.0. The van der Waals surface area contributed by atoms with E-state index in [4.69, 9.17) is 0 Å². The fraction of sp³-hybridized carbons (Fsp3) is 0.455. The summed E-state index contributed by atoms with van der Waals surface area (Å²) in [7, 11) is 1.71. The Balaban J connectivity index is 0.00000341. The van der Waals surface area contributed by atoms with Crippen molar-refractivity contribution in [1.29, 1.82) is 0 Å². The third-order valence-corrected chi connectivity index (χ3v) is 5.36. The molecule has 0 spiro atoms. The molecule has 0 bridgehead atoms. The van der Waals surface area contributed by atoms with E-state index in [2.05, 4.69) is 45.4 Å². The second-order valence-corrected chi connectivity index (χ2v) is 7.27. The van der Waals surface area contributed by atoms with Crippen molar-refractivity contribution in [1.82, 2.24) is 15.6 Å². The molecule has 2 heterocycles. The molecule has 1 fully saturated rings. The molecule has 1 saturated heterocycles. The van der Waals surface area contributed by atoms with Crippen molar-refractivity contribution in [3.8, 4) is 0 Å². The van der Waals surface area contributed by atoms with E-state index in [1.54, 1.807) is 11.9 Å². The maximum Gasteiger partial charge on any atom is 0.191 e. The molecule has 6 nitrogen and oxygen atoms in total. The van der Waals surface area contributed by atoms with Crippen molar-refractivity contribution in [3.05, 3.63) is 53.7 Å². The van der Waals surface area contributed by atoms with Gasteiger partial charge in [0.05, 0.1) is 0 Å². The van der Waals surface area contributed by atoms with E-state index < -0.39 is 11.6 Å². The van der Waals surface area contributed by atoms with Crippen LogP contribution in [0.3, 0.4) is 0 Å². The minimum absolute atomic E-state index is 0. The highest BCUT2D eigenvalue weighted by Gasteiger charge is 2.27. The van der Waals surface area contributed by atoms with Gasteiger partial charge in [0.2, 0.25) is 0 Å². The van der Waals surface area contributed by atoms with E-state index >= 15 is 0 Å².